The fourth-order valence-electron chi connectivity index (χ4n) is 5.40. The van der Waals surface area contributed by atoms with Crippen LogP contribution in [0.1, 0.15) is 122 Å². The van der Waals surface area contributed by atoms with Crippen molar-refractivity contribution in [2.24, 2.45) is 5.92 Å². The van der Waals surface area contributed by atoms with Crippen molar-refractivity contribution < 1.29 is 36.5 Å². The fraction of sp³-hybridized carbons (Fsp3) is 0.714. The molecule has 10 heteroatoms. The lowest BCUT2D eigenvalue weighted by Gasteiger charge is -2.11. The normalized spacial score (nSPS) is 16.2. The summed E-state index contributed by atoms with van der Waals surface area (Å²) in [4.78, 5) is 11.6. The van der Waals surface area contributed by atoms with E-state index in [1.807, 2.05) is 6.92 Å². The predicted octanol–water partition coefficient (Wildman–Crippen LogP) is 8.75. The number of ether oxygens (including phenoxy) is 3. The number of rotatable bonds is 22. The van der Waals surface area contributed by atoms with Gasteiger partial charge in [-0.25, -0.2) is 13.2 Å². The number of aryl methyl sites for hydroxylation is 2. The highest BCUT2D eigenvalue weighted by molar-refractivity contribution is 7.85. The predicted molar refractivity (Wildman–Crippen MR) is 178 cm³/mol. The molecule has 1 saturated heterocycles. The van der Waals surface area contributed by atoms with Gasteiger partial charge in [-0.1, -0.05) is 113 Å². The van der Waals surface area contributed by atoms with Crippen LogP contribution in [0.15, 0.2) is 46.2 Å². The molecule has 0 aliphatic carbocycles. The van der Waals surface area contributed by atoms with Gasteiger partial charge in [0, 0.05) is 6.42 Å². The van der Waals surface area contributed by atoms with Crippen LogP contribution in [0, 0.1) is 12.8 Å². The Balaban J connectivity index is 0.000000537. The van der Waals surface area contributed by atoms with Crippen molar-refractivity contribution in [3.8, 4) is 0 Å². The fourth-order valence-corrected chi connectivity index (χ4v) is 6.49. The average molecular weight is 668 g/mol. The van der Waals surface area contributed by atoms with Crippen molar-refractivity contribution in [1.82, 2.24) is 0 Å². The maximum absolute atomic E-state index is 11.8. The van der Waals surface area contributed by atoms with Crippen LogP contribution < -0.4 is 4.57 Å². The molecule has 2 heterocycles. The van der Waals surface area contributed by atoms with Crippen molar-refractivity contribution in [3.05, 3.63) is 46.9 Å². The molecule has 2 aromatic rings. The number of benzene rings is 1. The second-order valence-corrected chi connectivity index (χ2v) is 14.4. The van der Waals surface area contributed by atoms with Gasteiger partial charge in [-0.2, -0.15) is 4.57 Å². The number of carbonyl (C=O) groups excluding carboxylic acids is 1. The van der Waals surface area contributed by atoms with E-state index in [0.717, 1.165) is 44.4 Å². The Labute approximate surface area is 276 Å². The summed E-state index contributed by atoms with van der Waals surface area (Å²) in [5, 5.41) is 2.08. The SMILES string of the molecule is CCCCCCCCCCCCCC[C@H]1CO[C@H](COC(=O)OCCCCC[n+]2ccsc2)C1.Cc1ccc(S(=O)(=O)[O-])cc1. The minimum atomic E-state index is -4.27. The van der Waals surface area contributed by atoms with Crippen molar-refractivity contribution in [1.29, 1.82) is 0 Å². The molecule has 0 radical (unpaired) electrons. The average Bonchev–Trinajstić information content (AvgIpc) is 3.71. The minimum Gasteiger partial charge on any atom is -0.744 e. The molecule has 0 saturated carbocycles. The van der Waals surface area contributed by atoms with Crippen molar-refractivity contribution >= 4 is 27.6 Å². The van der Waals surface area contributed by atoms with E-state index < -0.39 is 16.3 Å². The second-order valence-electron chi connectivity index (χ2n) is 12.2. The van der Waals surface area contributed by atoms with E-state index in [0.29, 0.717) is 19.1 Å². The molecule has 3 rings (SSSR count). The molecule has 1 aromatic carbocycles. The first-order chi connectivity index (χ1) is 21.8. The molecule has 45 heavy (non-hydrogen) atoms. The molecule has 1 aliphatic rings. The highest BCUT2D eigenvalue weighted by Gasteiger charge is 2.26. The Kier molecular flexibility index (Phi) is 21.1. The topological polar surface area (TPSA) is 106 Å². The summed E-state index contributed by atoms with van der Waals surface area (Å²) in [7, 11) is -4.27. The number of hydrogen-bond acceptors (Lipinski definition) is 8. The quantitative estimate of drug-likeness (QED) is 0.0535. The largest absolute Gasteiger partial charge is 0.744 e. The van der Waals surface area contributed by atoms with Crippen molar-refractivity contribution in [2.75, 3.05) is 19.8 Å². The van der Waals surface area contributed by atoms with E-state index in [9.17, 15) is 17.8 Å². The lowest BCUT2D eigenvalue weighted by molar-refractivity contribution is -0.692. The molecule has 256 valence electrons. The van der Waals surface area contributed by atoms with E-state index in [2.05, 4.69) is 28.6 Å². The molecule has 2 atom stereocenters. The molecule has 0 N–H and O–H groups in total. The van der Waals surface area contributed by atoms with Crippen LogP contribution in [0.25, 0.3) is 0 Å². The number of hydrogen-bond donors (Lipinski definition) is 0. The number of carbonyl (C=O) groups is 1. The molecule has 0 unspecified atom stereocenters. The van der Waals surface area contributed by atoms with E-state index >= 15 is 0 Å². The van der Waals surface area contributed by atoms with Crippen LogP contribution in [0.2, 0.25) is 0 Å². The number of nitrogens with zero attached hydrogens (tertiary/aromatic N) is 1. The molecule has 0 amide bonds. The van der Waals surface area contributed by atoms with Gasteiger partial charge < -0.3 is 18.8 Å². The molecule has 8 nitrogen and oxygen atoms in total. The third-order valence-corrected chi connectivity index (χ3v) is 9.66. The second kappa shape index (κ2) is 24.2. The lowest BCUT2D eigenvalue weighted by atomic mass is 9.97. The summed E-state index contributed by atoms with van der Waals surface area (Å²) in [6.45, 7) is 6.68. The molecule has 1 fully saturated rings. The third kappa shape index (κ3) is 20.0. The molecule has 0 bridgehead atoms. The van der Waals surface area contributed by atoms with Gasteiger partial charge in [0.1, 0.15) is 23.3 Å². The first-order valence-corrected chi connectivity index (χ1v) is 19.5. The van der Waals surface area contributed by atoms with Gasteiger partial charge in [-0.3, -0.25) is 0 Å². The summed E-state index contributed by atoms with van der Waals surface area (Å²) in [5.41, 5.74) is 3.04. The van der Waals surface area contributed by atoms with Gasteiger partial charge in [0.25, 0.3) is 0 Å². The highest BCUT2D eigenvalue weighted by Crippen LogP contribution is 2.25. The van der Waals surface area contributed by atoms with Crippen LogP contribution >= 0.6 is 11.3 Å². The summed E-state index contributed by atoms with van der Waals surface area (Å²) in [6.07, 6.45) is 23.5. The van der Waals surface area contributed by atoms with E-state index in [1.165, 1.54) is 95.6 Å². The van der Waals surface area contributed by atoms with E-state index in [-0.39, 0.29) is 11.0 Å². The van der Waals surface area contributed by atoms with Crippen molar-refractivity contribution in [2.45, 2.75) is 141 Å². The first-order valence-electron chi connectivity index (χ1n) is 17.1. The Bertz CT molecular complexity index is 1110. The standard InChI is InChI=1S/C28H50NO4S.C7H8O3S/c1-2-3-4-5-6-7-8-9-10-11-12-14-17-26-22-27(32-23-26)24-33-28(30)31-20-16-13-15-18-29-19-21-34-25-29;1-6-2-4-7(5-3-6)11(8,9)10/h19,21,25-27H,2-18,20,22-24H2,1H3;2-5H,1H3,(H,8,9,10)/q+1;/p-1/t26-,27+;/m1./s1. The molecular weight excluding hydrogens is 611 g/mol. The van der Waals surface area contributed by atoms with E-state index in [4.69, 9.17) is 14.2 Å². The summed E-state index contributed by atoms with van der Waals surface area (Å²) < 4.78 is 49.6. The highest BCUT2D eigenvalue weighted by atomic mass is 32.2. The minimum absolute atomic E-state index is 0.0394. The van der Waals surface area contributed by atoms with E-state index in [1.54, 1.807) is 23.5 Å². The monoisotopic (exact) mass is 667 g/mol. The molecule has 0 spiro atoms. The van der Waals surface area contributed by atoms with Crippen LogP contribution in [0.3, 0.4) is 0 Å². The number of thiazole rings is 1. The molecule has 1 aliphatic heterocycles. The van der Waals surface area contributed by atoms with Crippen molar-refractivity contribution in [3.63, 3.8) is 0 Å². The van der Waals surface area contributed by atoms with Gasteiger partial charge >= 0.3 is 6.16 Å². The zero-order valence-corrected chi connectivity index (χ0v) is 29.3. The number of aromatic nitrogens is 1. The first kappa shape index (κ1) is 39.2. The molecular formula is C35H57NO7S2. The van der Waals surface area contributed by atoms with Gasteiger partial charge in [-0.15, -0.1) is 0 Å². The van der Waals surface area contributed by atoms with Crippen LogP contribution in [0.4, 0.5) is 4.79 Å². The Hall–Kier alpha value is -2.01. The van der Waals surface area contributed by atoms with Crippen LogP contribution in [-0.4, -0.2) is 45.1 Å². The zero-order chi connectivity index (χ0) is 32.6. The summed E-state index contributed by atoms with van der Waals surface area (Å²) in [5.74, 6) is 0.619. The van der Waals surface area contributed by atoms with Gasteiger partial charge in [0.2, 0.25) is 5.51 Å². The lowest BCUT2D eigenvalue weighted by Crippen LogP contribution is -2.29. The summed E-state index contributed by atoms with van der Waals surface area (Å²) in [6, 6.07) is 5.78. The Morgan fingerprint density at radius 3 is 2.13 bits per heavy atom. The van der Waals surface area contributed by atoms with Gasteiger partial charge in [0.05, 0.1) is 29.6 Å². The maximum atomic E-state index is 11.8. The summed E-state index contributed by atoms with van der Waals surface area (Å²) >= 11 is 1.70. The van der Waals surface area contributed by atoms with Gasteiger partial charge in [0.15, 0.2) is 6.20 Å². The zero-order valence-electron chi connectivity index (χ0n) is 27.7. The van der Waals surface area contributed by atoms with Gasteiger partial charge in [-0.05, 0) is 50.7 Å². The van der Waals surface area contributed by atoms with Crippen LogP contribution in [0.5, 0.6) is 0 Å². The van der Waals surface area contributed by atoms with Crippen LogP contribution in [-0.2, 0) is 30.9 Å². The third-order valence-electron chi connectivity index (χ3n) is 8.13. The maximum Gasteiger partial charge on any atom is 0.508 e. The Morgan fingerprint density at radius 1 is 0.911 bits per heavy atom. The Morgan fingerprint density at radius 2 is 1.53 bits per heavy atom. The smallest absolute Gasteiger partial charge is 0.508 e. The number of unbranched alkanes of at least 4 members (excludes halogenated alkanes) is 13. The molecule has 1 aromatic heterocycles.